The molecule has 0 unspecified atom stereocenters. The Kier molecular flexibility index (Phi) is 6.78. The molecule has 1 saturated heterocycles. The largest absolute Gasteiger partial charge is 0.433 e. The average molecular weight is 513 g/mol. The Bertz CT molecular complexity index is 1210. The van der Waals surface area contributed by atoms with E-state index >= 15 is 0 Å². The molecule has 2 aromatic heterocycles. The lowest BCUT2D eigenvalue weighted by molar-refractivity contribution is -0.141. The number of aliphatic hydroxyl groups is 1. The lowest BCUT2D eigenvalue weighted by atomic mass is 10.2. The standard InChI is InChI=1S/C21H17Cl2F3N6O2/c22-13-2-1-3-14(23)18(13)19(34)28-11-4-6-27-16(8-11)30-17-9-15(21(24,25)26)29-20(31-17)32-7-5-12(33)10-32/h1-4,6,8-9,12,33H,5,7,10H2,(H2,27,28,29,30,31,34)/t12-/m1/s1. The van der Waals surface area contributed by atoms with E-state index in [9.17, 15) is 23.1 Å². The maximum Gasteiger partial charge on any atom is 0.433 e. The molecule has 1 amide bonds. The molecule has 1 aliphatic rings. The topological polar surface area (TPSA) is 103 Å². The highest BCUT2D eigenvalue weighted by Gasteiger charge is 2.35. The van der Waals surface area contributed by atoms with Crippen molar-refractivity contribution in [3.8, 4) is 0 Å². The summed E-state index contributed by atoms with van der Waals surface area (Å²) in [7, 11) is 0. The van der Waals surface area contributed by atoms with Crippen LogP contribution >= 0.6 is 23.2 Å². The summed E-state index contributed by atoms with van der Waals surface area (Å²) in [6, 6.07) is 8.30. The molecule has 13 heteroatoms. The number of aliphatic hydroxyl groups excluding tert-OH is 1. The van der Waals surface area contributed by atoms with Crippen molar-refractivity contribution in [1.29, 1.82) is 0 Å². The highest BCUT2D eigenvalue weighted by atomic mass is 35.5. The van der Waals surface area contributed by atoms with Crippen molar-refractivity contribution in [2.24, 2.45) is 0 Å². The second kappa shape index (κ2) is 9.61. The van der Waals surface area contributed by atoms with E-state index in [-0.39, 0.29) is 39.7 Å². The van der Waals surface area contributed by atoms with Gasteiger partial charge in [0.15, 0.2) is 5.69 Å². The number of carbonyl (C=O) groups is 1. The molecule has 3 aromatic rings. The molecule has 3 N–H and O–H groups in total. The van der Waals surface area contributed by atoms with Crippen LogP contribution in [0.5, 0.6) is 0 Å². The number of carbonyl (C=O) groups excluding carboxylic acids is 1. The molecule has 3 heterocycles. The van der Waals surface area contributed by atoms with Gasteiger partial charge in [-0.3, -0.25) is 4.79 Å². The molecular weight excluding hydrogens is 496 g/mol. The van der Waals surface area contributed by atoms with Gasteiger partial charge < -0.3 is 20.6 Å². The van der Waals surface area contributed by atoms with Crippen molar-refractivity contribution in [3.63, 3.8) is 0 Å². The number of β-amino-alcohol motifs (C(OH)–C–C–N with tert-alkyl or cyclic N) is 1. The van der Waals surface area contributed by atoms with Gasteiger partial charge in [-0.2, -0.15) is 18.2 Å². The third kappa shape index (κ3) is 5.49. The fraction of sp³-hybridized carbons (Fsp3) is 0.238. The number of hydrogen-bond acceptors (Lipinski definition) is 7. The Balaban J connectivity index is 1.58. The molecule has 178 valence electrons. The monoisotopic (exact) mass is 512 g/mol. The van der Waals surface area contributed by atoms with E-state index in [0.717, 1.165) is 6.07 Å². The number of hydrogen-bond donors (Lipinski definition) is 3. The zero-order valence-electron chi connectivity index (χ0n) is 17.3. The van der Waals surface area contributed by atoms with E-state index in [4.69, 9.17) is 23.2 Å². The van der Waals surface area contributed by atoms with E-state index in [0.29, 0.717) is 18.7 Å². The SMILES string of the molecule is O=C(Nc1ccnc(Nc2cc(C(F)(F)F)nc(N3CC[C@@H](O)C3)n2)c1)c1c(Cl)cccc1Cl. The van der Waals surface area contributed by atoms with Crippen LogP contribution in [-0.2, 0) is 6.18 Å². The minimum Gasteiger partial charge on any atom is -0.391 e. The first-order valence-corrected chi connectivity index (χ1v) is 10.7. The number of pyridine rings is 1. The normalized spacial score (nSPS) is 15.9. The Morgan fingerprint density at radius 1 is 1.12 bits per heavy atom. The van der Waals surface area contributed by atoms with Gasteiger partial charge in [-0.05, 0) is 24.6 Å². The molecular formula is C21H17Cl2F3N6O2. The van der Waals surface area contributed by atoms with Crippen molar-refractivity contribution in [2.75, 3.05) is 28.6 Å². The minimum absolute atomic E-state index is 0.0835. The van der Waals surface area contributed by atoms with Crippen molar-refractivity contribution >= 4 is 52.4 Å². The first kappa shape index (κ1) is 24.0. The van der Waals surface area contributed by atoms with E-state index in [1.807, 2.05) is 0 Å². The van der Waals surface area contributed by atoms with E-state index in [1.165, 1.54) is 35.4 Å². The molecule has 0 spiro atoms. The van der Waals surface area contributed by atoms with Gasteiger partial charge in [0.05, 0.1) is 21.7 Å². The highest BCUT2D eigenvalue weighted by Crippen LogP contribution is 2.32. The van der Waals surface area contributed by atoms with Crippen LogP contribution < -0.4 is 15.5 Å². The van der Waals surface area contributed by atoms with Crippen molar-refractivity contribution in [3.05, 3.63) is 63.9 Å². The van der Waals surface area contributed by atoms with E-state index < -0.39 is 23.9 Å². The molecule has 0 aliphatic carbocycles. The zero-order chi connectivity index (χ0) is 24.5. The lowest BCUT2D eigenvalue weighted by Gasteiger charge is -2.18. The molecule has 1 atom stereocenters. The molecule has 0 saturated carbocycles. The maximum absolute atomic E-state index is 13.4. The van der Waals surface area contributed by atoms with Crippen LogP contribution in [0.1, 0.15) is 22.5 Å². The summed E-state index contributed by atoms with van der Waals surface area (Å²) in [4.78, 5) is 25.9. The Morgan fingerprint density at radius 3 is 2.50 bits per heavy atom. The number of benzene rings is 1. The first-order chi connectivity index (χ1) is 16.1. The van der Waals surface area contributed by atoms with Gasteiger partial charge in [0, 0.05) is 37.1 Å². The predicted molar refractivity (Wildman–Crippen MR) is 122 cm³/mol. The van der Waals surface area contributed by atoms with Gasteiger partial charge >= 0.3 is 6.18 Å². The average Bonchev–Trinajstić information content (AvgIpc) is 3.19. The second-order valence-corrected chi connectivity index (χ2v) is 8.24. The fourth-order valence-corrected chi connectivity index (χ4v) is 3.89. The number of nitrogens with one attached hydrogen (secondary N) is 2. The van der Waals surface area contributed by atoms with Gasteiger partial charge in [0.2, 0.25) is 5.95 Å². The number of amides is 1. The van der Waals surface area contributed by atoms with E-state index in [1.54, 1.807) is 6.07 Å². The summed E-state index contributed by atoms with van der Waals surface area (Å²) in [6.07, 6.45) is -3.61. The number of alkyl halides is 3. The fourth-order valence-electron chi connectivity index (χ4n) is 3.32. The maximum atomic E-state index is 13.4. The van der Waals surface area contributed by atoms with Crippen molar-refractivity contribution in [2.45, 2.75) is 18.7 Å². The summed E-state index contributed by atoms with van der Waals surface area (Å²) in [5, 5.41) is 15.4. The Morgan fingerprint density at radius 2 is 1.85 bits per heavy atom. The van der Waals surface area contributed by atoms with Gasteiger partial charge in [-0.15, -0.1) is 0 Å². The second-order valence-electron chi connectivity index (χ2n) is 7.43. The molecule has 0 bridgehead atoms. The molecule has 0 radical (unpaired) electrons. The Labute approximate surface area is 201 Å². The quantitative estimate of drug-likeness (QED) is 0.452. The van der Waals surface area contributed by atoms with Crippen LogP contribution in [0.25, 0.3) is 0 Å². The third-order valence-electron chi connectivity index (χ3n) is 4.91. The predicted octanol–water partition coefficient (Wildman–Crippen LogP) is 4.76. The molecule has 1 aromatic carbocycles. The van der Waals surface area contributed by atoms with Crippen LogP contribution in [0, 0.1) is 0 Å². The Hall–Kier alpha value is -3.15. The van der Waals surface area contributed by atoms with Gasteiger partial charge in [0.25, 0.3) is 5.91 Å². The summed E-state index contributed by atoms with van der Waals surface area (Å²) >= 11 is 12.1. The molecule has 8 nitrogen and oxygen atoms in total. The summed E-state index contributed by atoms with van der Waals surface area (Å²) in [5.74, 6) is -0.748. The van der Waals surface area contributed by atoms with Gasteiger partial charge in [-0.1, -0.05) is 29.3 Å². The smallest absolute Gasteiger partial charge is 0.391 e. The first-order valence-electron chi connectivity index (χ1n) is 9.98. The van der Waals surface area contributed by atoms with Crippen LogP contribution in [0.4, 0.5) is 36.4 Å². The van der Waals surface area contributed by atoms with Crippen molar-refractivity contribution < 1.29 is 23.1 Å². The van der Waals surface area contributed by atoms with Crippen LogP contribution in [0.2, 0.25) is 10.0 Å². The number of anilines is 4. The van der Waals surface area contributed by atoms with Gasteiger partial charge in [-0.25, -0.2) is 9.97 Å². The molecule has 4 rings (SSSR count). The summed E-state index contributed by atoms with van der Waals surface area (Å²) in [6.45, 7) is 0.456. The van der Waals surface area contributed by atoms with Crippen LogP contribution in [0.3, 0.4) is 0 Å². The third-order valence-corrected chi connectivity index (χ3v) is 5.54. The lowest BCUT2D eigenvalue weighted by Crippen LogP contribution is -2.25. The summed E-state index contributed by atoms with van der Waals surface area (Å²) in [5.41, 5.74) is -0.758. The highest BCUT2D eigenvalue weighted by molar-refractivity contribution is 6.40. The number of aromatic nitrogens is 3. The summed E-state index contributed by atoms with van der Waals surface area (Å²) < 4.78 is 40.2. The number of rotatable bonds is 5. The van der Waals surface area contributed by atoms with Crippen molar-refractivity contribution in [1.82, 2.24) is 15.0 Å². The van der Waals surface area contributed by atoms with E-state index in [2.05, 4.69) is 25.6 Å². The zero-order valence-corrected chi connectivity index (χ0v) is 18.8. The molecule has 1 fully saturated rings. The number of halogens is 5. The van der Waals surface area contributed by atoms with Crippen LogP contribution in [-0.4, -0.2) is 45.2 Å². The molecule has 1 aliphatic heterocycles. The molecule has 34 heavy (non-hydrogen) atoms. The van der Waals surface area contributed by atoms with Crippen LogP contribution in [0.15, 0.2) is 42.6 Å². The number of nitrogens with zero attached hydrogens (tertiary/aromatic N) is 4. The van der Waals surface area contributed by atoms with Gasteiger partial charge in [0.1, 0.15) is 11.6 Å². The minimum atomic E-state index is -4.70.